The van der Waals surface area contributed by atoms with E-state index in [0.29, 0.717) is 18.4 Å². The molecule has 5 heteroatoms. The van der Waals surface area contributed by atoms with Crippen molar-refractivity contribution in [3.05, 3.63) is 65.2 Å². The molecule has 4 nitrogen and oxygen atoms in total. The number of fused-ring (bicyclic) bond motifs is 2. The quantitative estimate of drug-likeness (QED) is 0.779. The summed E-state index contributed by atoms with van der Waals surface area (Å²) in [5.74, 6) is 1.63. The van der Waals surface area contributed by atoms with Crippen LogP contribution in [-0.4, -0.2) is 42.2 Å². The fraction of sp³-hybridized carbons (Fsp3) is 0.458. The van der Waals surface area contributed by atoms with E-state index in [0.717, 1.165) is 38.3 Å². The molecule has 154 valence electrons. The number of benzene rings is 2. The fourth-order valence-electron chi connectivity index (χ4n) is 5.12. The summed E-state index contributed by atoms with van der Waals surface area (Å²) in [6, 6.07) is 17.7. The smallest absolute Gasteiger partial charge is 0.304 e. The molecule has 0 bridgehead atoms. The van der Waals surface area contributed by atoms with Gasteiger partial charge in [-0.3, -0.25) is 4.79 Å². The van der Waals surface area contributed by atoms with Gasteiger partial charge < -0.3 is 14.7 Å². The van der Waals surface area contributed by atoms with Crippen molar-refractivity contribution >= 4 is 18.4 Å². The van der Waals surface area contributed by atoms with Crippen LogP contribution in [0.4, 0.5) is 0 Å². The molecule has 1 saturated carbocycles. The Morgan fingerprint density at radius 1 is 1.07 bits per heavy atom. The SMILES string of the molecule is Cl.O=C(O)CCN1CCC2(CC1)COc1cc(C3CC3c3ccccc3)ccc12. The minimum absolute atomic E-state index is 0. The first-order valence-electron chi connectivity index (χ1n) is 10.4. The summed E-state index contributed by atoms with van der Waals surface area (Å²) in [6.45, 7) is 3.33. The summed E-state index contributed by atoms with van der Waals surface area (Å²) in [5.41, 5.74) is 4.34. The number of nitrogens with zero attached hydrogens (tertiary/aromatic N) is 1. The van der Waals surface area contributed by atoms with E-state index < -0.39 is 5.97 Å². The Morgan fingerprint density at radius 2 is 1.79 bits per heavy atom. The van der Waals surface area contributed by atoms with Gasteiger partial charge in [0.05, 0.1) is 13.0 Å². The molecule has 1 spiro atoms. The molecule has 2 atom stereocenters. The first kappa shape index (κ1) is 20.2. The molecule has 0 radical (unpaired) electrons. The third-order valence-electron chi connectivity index (χ3n) is 6.98. The minimum atomic E-state index is -0.712. The van der Waals surface area contributed by atoms with Gasteiger partial charge in [0.1, 0.15) is 5.75 Å². The number of hydrogen-bond acceptors (Lipinski definition) is 3. The molecule has 2 aromatic rings. The zero-order valence-electron chi connectivity index (χ0n) is 16.5. The largest absolute Gasteiger partial charge is 0.492 e. The van der Waals surface area contributed by atoms with Crippen molar-refractivity contribution in [2.45, 2.75) is 42.9 Å². The van der Waals surface area contributed by atoms with E-state index in [-0.39, 0.29) is 24.2 Å². The zero-order valence-corrected chi connectivity index (χ0v) is 17.4. The van der Waals surface area contributed by atoms with Crippen molar-refractivity contribution in [2.24, 2.45) is 0 Å². The van der Waals surface area contributed by atoms with E-state index in [1.807, 2.05) is 0 Å². The lowest BCUT2D eigenvalue weighted by atomic mass is 9.74. The van der Waals surface area contributed by atoms with Gasteiger partial charge in [0.25, 0.3) is 0 Å². The summed E-state index contributed by atoms with van der Waals surface area (Å²) in [5, 5.41) is 8.90. The minimum Gasteiger partial charge on any atom is -0.492 e. The maximum absolute atomic E-state index is 10.8. The second-order valence-corrected chi connectivity index (χ2v) is 8.67. The van der Waals surface area contributed by atoms with Crippen LogP contribution in [0.3, 0.4) is 0 Å². The number of carboxylic acids is 1. The number of rotatable bonds is 5. The van der Waals surface area contributed by atoms with E-state index >= 15 is 0 Å². The molecule has 1 saturated heterocycles. The van der Waals surface area contributed by atoms with Crippen LogP contribution >= 0.6 is 12.4 Å². The Balaban J connectivity index is 0.00000205. The average Bonchev–Trinajstić information content (AvgIpc) is 3.46. The number of likely N-dealkylation sites (tertiary alicyclic amines) is 1. The summed E-state index contributed by atoms with van der Waals surface area (Å²) >= 11 is 0. The Hall–Kier alpha value is -2.04. The van der Waals surface area contributed by atoms with Crippen LogP contribution < -0.4 is 4.74 Å². The Kier molecular flexibility index (Phi) is 5.58. The highest BCUT2D eigenvalue weighted by molar-refractivity contribution is 5.85. The monoisotopic (exact) mass is 413 g/mol. The molecule has 2 aliphatic heterocycles. The highest BCUT2D eigenvalue weighted by Crippen LogP contribution is 2.56. The van der Waals surface area contributed by atoms with Crippen molar-refractivity contribution in [2.75, 3.05) is 26.2 Å². The molecule has 29 heavy (non-hydrogen) atoms. The normalized spacial score (nSPS) is 24.4. The fourth-order valence-corrected chi connectivity index (χ4v) is 5.12. The Bertz CT molecular complexity index is 877. The van der Waals surface area contributed by atoms with Gasteiger partial charge in [0, 0.05) is 17.5 Å². The van der Waals surface area contributed by atoms with Gasteiger partial charge in [-0.1, -0.05) is 42.5 Å². The molecular weight excluding hydrogens is 386 g/mol. The lowest BCUT2D eigenvalue weighted by molar-refractivity contribution is -0.137. The maximum atomic E-state index is 10.8. The lowest BCUT2D eigenvalue weighted by Crippen LogP contribution is -2.44. The van der Waals surface area contributed by atoms with Crippen molar-refractivity contribution in [3.8, 4) is 5.75 Å². The predicted octanol–water partition coefficient (Wildman–Crippen LogP) is 4.58. The van der Waals surface area contributed by atoms with E-state index in [1.165, 1.54) is 23.1 Å². The van der Waals surface area contributed by atoms with Crippen LogP contribution in [0.5, 0.6) is 5.75 Å². The van der Waals surface area contributed by atoms with E-state index in [2.05, 4.69) is 53.4 Å². The molecule has 0 amide bonds. The third kappa shape index (κ3) is 3.88. The van der Waals surface area contributed by atoms with E-state index in [9.17, 15) is 4.79 Å². The van der Waals surface area contributed by atoms with Crippen LogP contribution in [-0.2, 0) is 10.2 Å². The molecule has 5 rings (SSSR count). The molecule has 0 aromatic heterocycles. The van der Waals surface area contributed by atoms with Crippen LogP contribution in [0.25, 0.3) is 0 Å². The highest BCUT2D eigenvalue weighted by atomic mass is 35.5. The summed E-state index contributed by atoms with van der Waals surface area (Å²) in [7, 11) is 0. The first-order valence-corrected chi connectivity index (χ1v) is 10.4. The lowest BCUT2D eigenvalue weighted by Gasteiger charge is -2.38. The van der Waals surface area contributed by atoms with Crippen LogP contribution in [0.15, 0.2) is 48.5 Å². The molecule has 2 unspecified atom stereocenters. The van der Waals surface area contributed by atoms with Crippen molar-refractivity contribution in [1.82, 2.24) is 4.90 Å². The van der Waals surface area contributed by atoms with Crippen molar-refractivity contribution in [3.63, 3.8) is 0 Å². The van der Waals surface area contributed by atoms with E-state index in [1.54, 1.807) is 0 Å². The Labute approximate surface area is 178 Å². The van der Waals surface area contributed by atoms with Gasteiger partial charge in [0.2, 0.25) is 0 Å². The van der Waals surface area contributed by atoms with Crippen molar-refractivity contribution in [1.29, 1.82) is 0 Å². The molecule has 2 fully saturated rings. The van der Waals surface area contributed by atoms with Gasteiger partial charge in [-0.15, -0.1) is 12.4 Å². The maximum Gasteiger partial charge on any atom is 0.304 e. The first-order chi connectivity index (χ1) is 13.6. The second kappa shape index (κ2) is 8.00. The standard InChI is InChI=1S/C24H27NO3.ClH/c26-23(27)8-11-25-12-9-24(10-13-25)16-28-22-14-18(6-7-21(22)24)20-15-19(20)17-4-2-1-3-5-17;/h1-7,14,19-20H,8-13,15-16H2,(H,26,27);1H. The van der Waals surface area contributed by atoms with Crippen molar-refractivity contribution < 1.29 is 14.6 Å². The van der Waals surface area contributed by atoms with Gasteiger partial charge in [-0.25, -0.2) is 0 Å². The van der Waals surface area contributed by atoms with Crippen LogP contribution in [0.2, 0.25) is 0 Å². The molecule has 3 aliphatic rings. The topological polar surface area (TPSA) is 49.8 Å². The number of ether oxygens (including phenoxy) is 1. The average molecular weight is 414 g/mol. The second-order valence-electron chi connectivity index (χ2n) is 8.67. The molecule has 2 heterocycles. The number of carboxylic acid groups (broad SMARTS) is 1. The number of piperidine rings is 1. The molecule has 1 aliphatic carbocycles. The zero-order chi connectivity index (χ0) is 19.1. The van der Waals surface area contributed by atoms with Gasteiger partial charge in [-0.05, 0) is 61.4 Å². The number of halogens is 1. The number of carbonyl (C=O) groups is 1. The van der Waals surface area contributed by atoms with Gasteiger partial charge in [-0.2, -0.15) is 0 Å². The van der Waals surface area contributed by atoms with Crippen LogP contribution in [0, 0.1) is 0 Å². The summed E-state index contributed by atoms with van der Waals surface area (Å²) < 4.78 is 6.17. The van der Waals surface area contributed by atoms with E-state index in [4.69, 9.17) is 9.84 Å². The molecule has 2 aromatic carbocycles. The van der Waals surface area contributed by atoms with Gasteiger partial charge >= 0.3 is 5.97 Å². The number of aliphatic carboxylic acids is 1. The number of hydrogen-bond donors (Lipinski definition) is 1. The van der Waals surface area contributed by atoms with Crippen LogP contribution in [0.1, 0.15) is 54.2 Å². The summed E-state index contributed by atoms with van der Waals surface area (Å²) in [4.78, 5) is 13.1. The third-order valence-corrected chi connectivity index (χ3v) is 6.98. The highest BCUT2D eigenvalue weighted by Gasteiger charge is 2.45. The Morgan fingerprint density at radius 3 is 2.52 bits per heavy atom. The molecule has 1 N–H and O–H groups in total. The molecular formula is C24H28ClNO3. The summed E-state index contributed by atoms with van der Waals surface area (Å²) in [6.07, 6.45) is 3.56. The van der Waals surface area contributed by atoms with Gasteiger partial charge in [0.15, 0.2) is 0 Å². The predicted molar refractivity (Wildman–Crippen MR) is 115 cm³/mol.